The van der Waals surface area contributed by atoms with Crippen molar-refractivity contribution >= 4 is 11.8 Å². The Bertz CT molecular complexity index is 292. The Hall–Kier alpha value is -0.550. The predicted octanol–water partition coefficient (Wildman–Crippen LogP) is 0.329. The van der Waals surface area contributed by atoms with Gasteiger partial charge < -0.3 is 9.88 Å². The lowest BCUT2D eigenvalue weighted by Gasteiger charge is -2.25. The summed E-state index contributed by atoms with van der Waals surface area (Å²) in [7, 11) is 2.00. The summed E-state index contributed by atoms with van der Waals surface area (Å²) in [6, 6.07) is 0.682. The van der Waals surface area contributed by atoms with Crippen LogP contribution in [-0.4, -0.2) is 32.3 Å². The number of rotatable bonds is 3. The molecule has 1 fully saturated rings. The Kier molecular flexibility index (Phi) is 2.55. The SMILES string of the molecule is Cc1nnc(CNC2CSC2)n1C. The molecule has 13 heavy (non-hydrogen) atoms. The predicted molar refractivity (Wildman–Crippen MR) is 53.7 cm³/mol. The first kappa shape index (κ1) is 9.02. The van der Waals surface area contributed by atoms with Gasteiger partial charge in [0, 0.05) is 24.6 Å². The van der Waals surface area contributed by atoms with Crippen molar-refractivity contribution in [2.45, 2.75) is 19.5 Å². The highest BCUT2D eigenvalue weighted by atomic mass is 32.2. The van der Waals surface area contributed by atoms with Gasteiger partial charge in [0.2, 0.25) is 0 Å². The Morgan fingerprint density at radius 1 is 1.54 bits per heavy atom. The molecule has 1 N–H and O–H groups in total. The second-order valence-corrected chi connectivity index (χ2v) is 4.41. The van der Waals surface area contributed by atoms with E-state index in [1.54, 1.807) is 0 Å². The first-order chi connectivity index (χ1) is 6.27. The molecule has 0 spiro atoms. The quantitative estimate of drug-likeness (QED) is 0.760. The molecule has 0 radical (unpaired) electrons. The zero-order valence-corrected chi connectivity index (χ0v) is 8.77. The first-order valence-corrected chi connectivity index (χ1v) is 5.59. The fraction of sp³-hybridized carbons (Fsp3) is 0.750. The summed E-state index contributed by atoms with van der Waals surface area (Å²) in [6.07, 6.45) is 0. The Morgan fingerprint density at radius 2 is 2.31 bits per heavy atom. The third-order valence-corrected chi connectivity index (χ3v) is 3.65. The van der Waals surface area contributed by atoms with Crippen molar-refractivity contribution in [2.75, 3.05) is 11.5 Å². The van der Waals surface area contributed by atoms with E-state index >= 15 is 0 Å². The molecule has 1 aliphatic heterocycles. The Morgan fingerprint density at radius 3 is 2.77 bits per heavy atom. The standard InChI is InChI=1S/C8H14N4S/c1-6-10-11-8(12(6)2)3-9-7-4-13-5-7/h7,9H,3-5H2,1-2H3. The number of hydrogen-bond acceptors (Lipinski definition) is 4. The smallest absolute Gasteiger partial charge is 0.146 e. The average molecular weight is 198 g/mol. The van der Waals surface area contributed by atoms with E-state index in [2.05, 4.69) is 15.5 Å². The highest BCUT2D eigenvalue weighted by Gasteiger charge is 2.17. The maximum Gasteiger partial charge on any atom is 0.146 e. The minimum atomic E-state index is 0.682. The van der Waals surface area contributed by atoms with Crippen LogP contribution < -0.4 is 5.32 Å². The molecule has 2 rings (SSSR count). The van der Waals surface area contributed by atoms with Gasteiger partial charge in [0.25, 0.3) is 0 Å². The Balaban J connectivity index is 1.89. The molecule has 5 heteroatoms. The van der Waals surface area contributed by atoms with Gasteiger partial charge in [-0.05, 0) is 6.92 Å². The first-order valence-electron chi connectivity index (χ1n) is 4.43. The van der Waals surface area contributed by atoms with Crippen LogP contribution in [0.15, 0.2) is 0 Å². The van der Waals surface area contributed by atoms with E-state index in [-0.39, 0.29) is 0 Å². The van der Waals surface area contributed by atoms with Crippen molar-refractivity contribution in [3.8, 4) is 0 Å². The fourth-order valence-electron chi connectivity index (χ4n) is 1.19. The van der Waals surface area contributed by atoms with Gasteiger partial charge in [0.15, 0.2) is 0 Å². The lowest BCUT2D eigenvalue weighted by Crippen LogP contribution is -2.40. The monoisotopic (exact) mass is 198 g/mol. The van der Waals surface area contributed by atoms with E-state index in [1.165, 1.54) is 11.5 Å². The van der Waals surface area contributed by atoms with E-state index in [9.17, 15) is 0 Å². The van der Waals surface area contributed by atoms with Crippen LogP contribution in [0.5, 0.6) is 0 Å². The van der Waals surface area contributed by atoms with Gasteiger partial charge >= 0.3 is 0 Å². The molecule has 1 saturated heterocycles. The Labute approximate surface area is 82.1 Å². The summed E-state index contributed by atoms with van der Waals surface area (Å²) in [6.45, 7) is 2.80. The van der Waals surface area contributed by atoms with Gasteiger partial charge in [0.05, 0.1) is 6.54 Å². The van der Waals surface area contributed by atoms with Gasteiger partial charge in [-0.2, -0.15) is 11.8 Å². The van der Waals surface area contributed by atoms with E-state index in [0.717, 1.165) is 18.2 Å². The molecule has 0 amide bonds. The van der Waals surface area contributed by atoms with Crippen molar-refractivity contribution in [1.29, 1.82) is 0 Å². The van der Waals surface area contributed by atoms with Crippen LogP contribution in [0.2, 0.25) is 0 Å². The third-order valence-electron chi connectivity index (χ3n) is 2.37. The second kappa shape index (κ2) is 3.67. The fourth-order valence-corrected chi connectivity index (χ4v) is 1.90. The van der Waals surface area contributed by atoms with Gasteiger partial charge in [-0.3, -0.25) is 0 Å². The number of aryl methyl sites for hydroxylation is 1. The number of thioether (sulfide) groups is 1. The summed E-state index contributed by atoms with van der Waals surface area (Å²) in [5.74, 6) is 4.46. The molecular formula is C8H14N4S. The summed E-state index contributed by atoms with van der Waals surface area (Å²) < 4.78 is 2.03. The minimum absolute atomic E-state index is 0.682. The van der Waals surface area contributed by atoms with Crippen molar-refractivity contribution < 1.29 is 0 Å². The van der Waals surface area contributed by atoms with E-state index in [0.29, 0.717) is 6.04 Å². The van der Waals surface area contributed by atoms with Crippen molar-refractivity contribution in [2.24, 2.45) is 7.05 Å². The van der Waals surface area contributed by atoms with Gasteiger partial charge in [-0.25, -0.2) is 0 Å². The topological polar surface area (TPSA) is 42.7 Å². The molecule has 0 saturated carbocycles. The largest absolute Gasteiger partial charge is 0.317 e. The molecule has 4 nitrogen and oxygen atoms in total. The van der Waals surface area contributed by atoms with Gasteiger partial charge in [0.1, 0.15) is 11.6 Å². The third kappa shape index (κ3) is 1.86. The molecule has 72 valence electrons. The molecule has 1 aromatic heterocycles. The van der Waals surface area contributed by atoms with E-state index < -0.39 is 0 Å². The molecule has 0 aromatic carbocycles. The normalized spacial score (nSPS) is 17.4. The number of nitrogens with one attached hydrogen (secondary N) is 1. The molecule has 0 aliphatic carbocycles. The second-order valence-electron chi connectivity index (χ2n) is 3.34. The highest BCUT2D eigenvalue weighted by molar-refractivity contribution is 8.00. The average Bonchev–Trinajstić information content (AvgIpc) is 2.33. The maximum atomic E-state index is 4.09. The summed E-state index contributed by atoms with van der Waals surface area (Å²) in [5, 5.41) is 11.5. The van der Waals surface area contributed by atoms with Crippen LogP contribution in [0.1, 0.15) is 11.6 Å². The molecule has 0 atom stereocenters. The van der Waals surface area contributed by atoms with E-state index in [1.807, 2.05) is 30.3 Å². The molecule has 1 aliphatic rings. The maximum absolute atomic E-state index is 4.09. The molecule has 1 aromatic rings. The lowest BCUT2D eigenvalue weighted by atomic mass is 10.3. The summed E-state index contributed by atoms with van der Waals surface area (Å²) >= 11 is 1.98. The molecule has 0 unspecified atom stereocenters. The van der Waals surface area contributed by atoms with Crippen molar-refractivity contribution in [3.05, 3.63) is 11.6 Å². The zero-order chi connectivity index (χ0) is 9.26. The highest BCUT2D eigenvalue weighted by Crippen LogP contribution is 2.17. The number of hydrogen-bond donors (Lipinski definition) is 1. The molecule has 2 heterocycles. The van der Waals surface area contributed by atoms with Crippen LogP contribution >= 0.6 is 11.8 Å². The number of nitrogens with zero attached hydrogens (tertiary/aromatic N) is 3. The van der Waals surface area contributed by atoms with Crippen LogP contribution in [0, 0.1) is 6.92 Å². The van der Waals surface area contributed by atoms with Crippen molar-refractivity contribution in [3.63, 3.8) is 0 Å². The zero-order valence-electron chi connectivity index (χ0n) is 7.95. The summed E-state index contributed by atoms with van der Waals surface area (Å²) in [4.78, 5) is 0. The van der Waals surface area contributed by atoms with Gasteiger partial charge in [-0.15, -0.1) is 10.2 Å². The van der Waals surface area contributed by atoms with Crippen LogP contribution in [0.4, 0.5) is 0 Å². The van der Waals surface area contributed by atoms with Crippen LogP contribution in [-0.2, 0) is 13.6 Å². The van der Waals surface area contributed by atoms with Gasteiger partial charge in [-0.1, -0.05) is 0 Å². The van der Waals surface area contributed by atoms with Crippen LogP contribution in [0.25, 0.3) is 0 Å². The number of aromatic nitrogens is 3. The van der Waals surface area contributed by atoms with Crippen molar-refractivity contribution in [1.82, 2.24) is 20.1 Å². The van der Waals surface area contributed by atoms with E-state index in [4.69, 9.17) is 0 Å². The van der Waals surface area contributed by atoms with Crippen LogP contribution in [0.3, 0.4) is 0 Å². The minimum Gasteiger partial charge on any atom is -0.317 e. The molecular weight excluding hydrogens is 184 g/mol. The molecule has 0 bridgehead atoms. The summed E-state index contributed by atoms with van der Waals surface area (Å²) in [5.41, 5.74) is 0. The lowest BCUT2D eigenvalue weighted by molar-refractivity contribution is 0.555.